The van der Waals surface area contributed by atoms with Crippen LogP contribution in [-0.2, 0) is 6.54 Å². The van der Waals surface area contributed by atoms with E-state index in [2.05, 4.69) is 15.1 Å². The summed E-state index contributed by atoms with van der Waals surface area (Å²) in [5, 5.41) is 4.35. The van der Waals surface area contributed by atoms with Crippen molar-refractivity contribution in [1.82, 2.24) is 19.7 Å². The average molecular weight is 250 g/mol. The molecule has 0 amide bonds. The Bertz CT molecular complexity index is 661. The summed E-state index contributed by atoms with van der Waals surface area (Å²) in [6.45, 7) is 0.466. The second kappa shape index (κ2) is 3.74. The zero-order valence-corrected chi connectivity index (χ0v) is 9.42. The molecule has 7 heteroatoms. The lowest BCUT2D eigenvalue weighted by atomic mass is 10.4. The van der Waals surface area contributed by atoms with Gasteiger partial charge in [0.2, 0.25) is 5.95 Å². The molecule has 3 heterocycles. The number of nitrogens with two attached hydrogens (primary N) is 1. The van der Waals surface area contributed by atoms with Gasteiger partial charge in [0.25, 0.3) is 0 Å². The number of nitrogen functional groups attached to an aromatic ring is 1. The molecule has 0 aliphatic carbocycles. The van der Waals surface area contributed by atoms with E-state index in [1.54, 1.807) is 22.9 Å². The van der Waals surface area contributed by atoms with E-state index in [1.807, 2.05) is 0 Å². The number of anilines is 1. The van der Waals surface area contributed by atoms with Gasteiger partial charge >= 0.3 is 0 Å². The standard InChI is InChI=1S/C10H8ClN5O/c11-6-3-8-9(13-4-6)16(10(12)14-8)5-7-1-2-17-15-7/h1-4H,5H2,(H2,12,14). The van der Waals surface area contributed by atoms with Gasteiger partial charge in [-0.15, -0.1) is 0 Å². The lowest BCUT2D eigenvalue weighted by Gasteiger charge is -2.01. The van der Waals surface area contributed by atoms with Gasteiger partial charge in [-0.1, -0.05) is 16.8 Å². The Morgan fingerprint density at radius 1 is 1.47 bits per heavy atom. The zero-order valence-electron chi connectivity index (χ0n) is 8.67. The zero-order chi connectivity index (χ0) is 11.8. The average Bonchev–Trinajstić information content (AvgIpc) is 2.88. The van der Waals surface area contributed by atoms with E-state index in [9.17, 15) is 0 Å². The molecule has 0 aliphatic heterocycles. The third-order valence-electron chi connectivity index (χ3n) is 2.39. The van der Waals surface area contributed by atoms with Crippen LogP contribution in [0.2, 0.25) is 5.02 Å². The molecule has 0 bridgehead atoms. The van der Waals surface area contributed by atoms with Crippen LogP contribution in [0.3, 0.4) is 0 Å². The van der Waals surface area contributed by atoms with E-state index in [1.165, 1.54) is 6.26 Å². The Hall–Kier alpha value is -2.08. The summed E-state index contributed by atoms with van der Waals surface area (Å²) in [6, 6.07) is 3.49. The van der Waals surface area contributed by atoms with Crippen LogP contribution in [0.5, 0.6) is 0 Å². The van der Waals surface area contributed by atoms with Gasteiger partial charge in [-0.05, 0) is 6.07 Å². The van der Waals surface area contributed by atoms with Crippen LogP contribution >= 0.6 is 11.6 Å². The number of halogens is 1. The predicted octanol–water partition coefficient (Wildman–Crippen LogP) is 1.70. The molecule has 0 saturated carbocycles. The van der Waals surface area contributed by atoms with Gasteiger partial charge in [0.05, 0.1) is 11.6 Å². The van der Waals surface area contributed by atoms with Gasteiger partial charge in [-0.3, -0.25) is 4.57 Å². The molecule has 0 fully saturated rings. The number of imidazole rings is 1. The fraction of sp³-hybridized carbons (Fsp3) is 0.100. The molecular formula is C10H8ClN5O. The van der Waals surface area contributed by atoms with Crippen LogP contribution < -0.4 is 5.73 Å². The van der Waals surface area contributed by atoms with E-state index >= 15 is 0 Å². The Morgan fingerprint density at radius 3 is 3.12 bits per heavy atom. The first-order valence-electron chi connectivity index (χ1n) is 4.90. The van der Waals surface area contributed by atoms with E-state index in [0.717, 1.165) is 5.69 Å². The molecule has 3 rings (SSSR count). The van der Waals surface area contributed by atoms with Crippen molar-refractivity contribution < 1.29 is 4.52 Å². The van der Waals surface area contributed by atoms with Crippen LogP contribution in [0.15, 0.2) is 29.1 Å². The highest BCUT2D eigenvalue weighted by Crippen LogP contribution is 2.19. The van der Waals surface area contributed by atoms with Crippen molar-refractivity contribution >= 4 is 28.7 Å². The maximum absolute atomic E-state index is 5.84. The molecule has 17 heavy (non-hydrogen) atoms. The van der Waals surface area contributed by atoms with Crippen molar-refractivity contribution in [2.75, 3.05) is 5.73 Å². The Balaban J connectivity index is 2.12. The molecule has 86 valence electrons. The Kier molecular flexibility index (Phi) is 2.22. The van der Waals surface area contributed by atoms with Crippen molar-refractivity contribution in [1.29, 1.82) is 0 Å². The number of rotatable bonds is 2. The minimum Gasteiger partial charge on any atom is -0.369 e. The molecule has 0 radical (unpaired) electrons. The van der Waals surface area contributed by atoms with Gasteiger partial charge in [0.1, 0.15) is 17.5 Å². The summed E-state index contributed by atoms with van der Waals surface area (Å²) >= 11 is 5.84. The highest BCUT2D eigenvalue weighted by Gasteiger charge is 2.11. The van der Waals surface area contributed by atoms with Crippen LogP contribution in [0.25, 0.3) is 11.2 Å². The summed E-state index contributed by atoms with van der Waals surface area (Å²) in [6.07, 6.45) is 3.07. The van der Waals surface area contributed by atoms with Crippen molar-refractivity contribution in [3.8, 4) is 0 Å². The Morgan fingerprint density at radius 2 is 2.35 bits per heavy atom. The molecule has 0 unspecified atom stereocenters. The number of hydrogen-bond donors (Lipinski definition) is 1. The third-order valence-corrected chi connectivity index (χ3v) is 2.60. The van der Waals surface area contributed by atoms with E-state index in [-0.39, 0.29) is 0 Å². The minimum atomic E-state index is 0.373. The summed E-state index contributed by atoms with van der Waals surface area (Å²) in [7, 11) is 0. The number of fused-ring (bicyclic) bond motifs is 1. The SMILES string of the molecule is Nc1nc2cc(Cl)cnc2n1Cc1ccon1. The molecule has 3 aromatic rings. The lowest BCUT2D eigenvalue weighted by Crippen LogP contribution is -2.05. The highest BCUT2D eigenvalue weighted by atomic mass is 35.5. The molecule has 0 aromatic carbocycles. The van der Waals surface area contributed by atoms with E-state index < -0.39 is 0 Å². The molecule has 0 atom stereocenters. The Labute approximate surface area is 101 Å². The van der Waals surface area contributed by atoms with Gasteiger partial charge in [-0.25, -0.2) is 9.97 Å². The van der Waals surface area contributed by atoms with Gasteiger partial charge in [0.15, 0.2) is 5.65 Å². The smallest absolute Gasteiger partial charge is 0.202 e. The van der Waals surface area contributed by atoms with E-state index in [4.69, 9.17) is 21.9 Å². The summed E-state index contributed by atoms with van der Waals surface area (Å²) < 4.78 is 6.52. The van der Waals surface area contributed by atoms with E-state index in [0.29, 0.717) is 28.7 Å². The van der Waals surface area contributed by atoms with Crippen LogP contribution in [0.1, 0.15) is 5.69 Å². The fourth-order valence-electron chi connectivity index (χ4n) is 1.64. The highest BCUT2D eigenvalue weighted by molar-refractivity contribution is 6.31. The molecule has 0 spiro atoms. The van der Waals surface area contributed by atoms with Crippen molar-refractivity contribution in [3.05, 3.63) is 35.3 Å². The molecule has 2 N–H and O–H groups in total. The minimum absolute atomic E-state index is 0.373. The monoisotopic (exact) mass is 249 g/mol. The first-order valence-corrected chi connectivity index (χ1v) is 5.28. The van der Waals surface area contributed by atoms with Gasteiger partial charge in [-0.2, -0.15) is 0 Å². The van der Waals surface area contributed by atoms with Gasteiger partial charge < -0.3 is 10.3 Å². The molecule has 0 saturated heterocycles. The summed E-state index contributed by atoms with van der Waals surface area (Å²) in [5.41, 5.74) is 7.93. The predicted molar refractivity (Wildman–Crippen MR) is 62.6 cm³/mol. The fourth-order valence-corrected chi connectivity index (χ4v) is 1.79. The summed E-state index contributed by atoms with van der Waals surface area (Å²) in [4.78, 5) is 8.40. The van der Waals surface area contributed by atoms with Crippen molar-refractivity contribution in [2.24, 2.45) is 0 Å². The number of pyridine rings is 1. The summed E-state index contributed by atoms with van der Waals surface area (Å²) in [5.74, 6) is 0.373. The third kappa shape index (κ3) is 1.72. The molecular weight excluding hydrogens is 242 g/mol. The maximum Gasteiger partial charge on any atom is 0.202 e. The lowest BCUT2D eigenvalue weighted by molar-refractivity contribution is 0.410. The molecule has 6 nitrogen and oxygen atoms in total. The number of hydrogen-bond acceptors (Lipinski definition) is 5. The van der Waals surface area contributed by atoms with Crippen molar-refractivity contribution in [2.45, 2.75) is 6.54 Å². The largest absolute Gasteiger partial charge is 0.369 e. The van der Waals surface area contributed by atoms with Crippen LogP contribution in [0.4, 0.5) is 5.95 Å². The van der Waals surface area contributed by atoms with Crippen LogP contribution in [0, 0.1) is 0 Å². The van der Waals surface area contributed by atoms with Crippen LogP contribution in [-0.4, -0.2) is 19.7 Å². The quantitative estimate of drug-likeness (QED) is 0.747. The second-order valence-corrected chi connectivity index (χ2v) is 3.98. The molecule has 0 aliphatic rings. The first-order chi connectivity index (χ1) is 8.24. The molecule has 3 aromatic heterocycles. The normalized spacial score (nSPS) is 11.1. The number of aromatic nitrogens is 4. The van der Waals surface area contributed by atoms with Crippen molar-refractivity contribution in [3.63, 3.8) is 0 Å². The maximum atomic E-state index is 5.84. The van der Waals surface area contributed by atoms with Gasteiger partial charge in [0, 0.05) is 12.3 Å². The topological polar surface area (TPSA) is 82.8 Å². The number of nitrogens with zero attached hydrogens (tertiary/aromatic N) is 4. The second-order valence-electron chi connectivity index (χ2n) is 3.54. The first kappa shape index (κ1) is 10.1.